The number of rotatable bonds is 6. The molecule has 2 rings (SSSR count). The fourth-order valence-corrected chi connectivity index (χ4v) is 2.96. The molecule has 0 unspecified atom stereocenters. The molecule has 0 aromatic heterocycles. The minimum absolute atomic E-state index is 0.236. The van der Waals surface area contributed by atoms with Crippen molar-refractivity contribution >= 4 is 0 Å². The SMILES string of the molecule is COc1ccc([C@@H](CCC(C)C)N2CCNCC2)cc1O. The lowest BCUT2D eigenvalue weighted by atomic mass is 9.95. The molecule has 1 aromatic carbocycles. The van der Waals surface area contributed by atoms with Gasteiger partial charge in [-0.15, -0.1) is 0 Å². The maximum atomic E-state index is 10.1. The number of methoxy groups -OCH3 is 1. The van der Waals surface area contributed by atoms with E-state index in [1.165, 1.54) is 12.0 Å². The Morgan fingerprint density at radius 1 is 1.24 bits per heavy atom. The van der Waals surface area contributed by atoms with E-state index in [2.05, 4.69) is 30.1 Å². The Bertz CT molecular complexity index is 442. The molecule has 1 saturated heterocycles. The first-order valence-corrected chi connectivity index (χ1v) is 7.93. The zero-order valence-electron chi connectivity index (χ0n) is 13.4. The summed E-state index contributed by atoms with van der Waals surface area (Å²) < 4.78 is 5.15. The summed E-state index contributed by atoms with van der Waals surface area (Å²) >= 11 is 0. The number of hydrogen-bond donors (Lipinski definition) is 2. The van der Waals surface area contributed by atoms with Crippen LogP contribution in [0, 0.1) is 5.92 Å². The molecule has 4 nitrogen and oxygen atoms in total. The van der Waals surface area contributed by atoms with Crippen molar-refractivity contribution in [2.75, 3.05) is 33.3 Å². The Labute approximate surface area is 128 Å². The summed E-state index contributed by atoms with van der Waals surface area (Å²) in [5.41, 5.74) is 1.19. The van der Waals surface area contributed by atoms with Crippen molar-refractivity contribution in [1.82, 2.24) is 10.2 Å². The zero-order valence-corrected chi connectivity index (χ0v) is 13.4. The van der Waals surface area contributed by atoms with Crippen LogP contribution in [0.5, 0.6) is 11.5 Å². The zero-order chi connectivity index (χ0) is 15.2. The monoisotopic (exact) mass is 292 g/mol. The molecule has 1 heterocycles. The van der Waals surface area contributed by atoms with E-state index in [0.717, 1.165) is 32.6 Å². The van der Waals surface area contributed by atoms with Crippen molar-refractivity contribution in [1.29, 1.82) is 0 Å². The molecule has 1 aliphatic rings. The second kappa shape index (κ2) is 7.66. The van der Waals surface area contributed by atoms with Crippen LogP contribution in [-0.2, 0) is 0 Å². The van der Waals surface area contributed by atoms with E-state index < -0.39 is 0 Å². The quantitative estimate of drug-likeness (QED) is 0.846. The van der Waals surface area contributed by atoms with Crippen molar-refractivity contribution in [2.24, 2.45) is 5.92 Å². The van der Waals surface area contributed by atoms with Gasteiger partial charge in [-0.25, -0.2) is 0 Å². The summed E-state index contributed by atoms with van der Waals surface area (Å²) in [4.78, 5) is 2.53. The number of nitrogens with one attached hydrogen (secondary N) is 1. The molecule has 1 aromatic rings. The number of hydrogen-bond acceptors (Lipinski definition) is 4. The van der Waals surface area contributed by atoms with Crippen LogP contribution in [0.1, 0.15) is 38.3 Å². The Hall–Kier alpha value is -1.26. The molecule has 0 radical (unpaired) electrons. The molecule has 0 spiro atoms. The summed E-state index contributed by atoms with van der Waals surface area (Å²) in [6.07, 6.45) is 2.32. The predicted molar refractivity (Wildman–Crippen MR) is 85.9 cm³/mol. The number of benzene rings is 1. The van der Waals surface area contributed by atoms with E-state index in [0.29, 0.717) is 17.7 Å². The molecule has 21 heavy (non-hydrogen) atoms. The van der Waals surface area contributed by atoms with E-state index in [1.54, 1.807) is 7.11 Å². The van der Waals surface area contributed by atoms with Crippen molar-refractivity contribution in [3.63, 3.8) is 0 Å². The van der Waals surface area contributed by atoms with Gasteiger partial charge in [-0.3, -0.25) is 4.90 Å². The molecule has 118 valence electrons. The summed E-state index contributed by atoms with van der Waals surface area (Å²) in [5, 5.41) is 13.5. The number of ether oxygens (including phenoxy) is 1. The van der Waals surface area contributed by atoms with Gasteiger partial charge in [0.05, 0.1) is 7.11 Å². The highest BCUT2D eigenvalue weighted by molar-refractivity contribution is 5.42. The number of aromatic hydroxyl groups is 1. The molecule has 2 N–H and O–H groups in total. The van der Waals surface area contributed by atoms with Crippen LogP contribution in [0.25, 0.3) is 0 Å². The van der Waals surface area contributed by atoms with E-state index in [-0.39, 0.29) is 5.75 Å². The van der Waals surface area contributed by atoms with Gasteiger partial charge < -0.3 is 15.2 Å². The predicted octanol–water partition coefficient (Wildman–Crippen LogP) is 2.78. The number of piperazine rings is 1. The largest absolute Gasteiger partial charge is 0.504 e. The molecule has 4 heteroatoms. The number of nitrogens with zero attached hydrogens (tertiary/aromatic N) is 1. The van der Waals surface area contributed by atoms with Gasteiger partial charge in [0.25, 0.3) is 0 Å². The van der Waals surface area contributed by atoms with Crippen LogP contribution >= 0.6 is 0 Å². The molecule has 0 saturated carbocycles. The van der Waals surface area contributed by atoms with Crippen molar-refractivity contribution in [2.45, 2.75) is 32.7 Å². The molecule has 0 bridgehead atoms. The molecular formula is C17H28N2O2. The highest BCUT2D eigenvalue weighted by Crippen LogP contribution is 2.34. The Morgan fingerprint density at radius 3 is 2.52 bits per heavy atom. The lowest BCUT2D eigenvalue weighted by Crippen LogP contribution is -2.45. The average molecular weight is 292 g/mol. The van der Waals surface area contributed by atoms with E-state index >= 15 is 0 Å². The molecule has 0 amide bonds. The fourth-order valence-electron chi connectivity index (χ4n) is 2.96. The number of phenols is 1. The first-order valence-electron chi connectivity index (χ1n) is 7.93. The van der Waals surface area contributed by atoms with Crippen LogP contribution in [0.4, 0.5) is 0 Å². The van der Waals surface area contributed by atoms with Crippen molar-refractivity contribution in [3.05, 3.63) is 23.8 Å². The van der Waals surface area contributed by atoms with Gasteiger partial charge in [-0.05, 0) is 36.5 Å². The summed E-state index contributed by atoms with van der Waals surface area (Å²) in [5.74, 6) is 1.48. The maximum Gasteiger partial charge on any atom is 0.160 e. The fraction of sp³-hybridized carbons (Fsp3) is 0.647. The van der Waals surface area contributed by atoms with Gasteiger partial charge in [0, 0.05) is 32.2 Å². The summed E-state index contributed by atoms with van der Waals surface area (Å²) in [7, 11) is 1.58. The van der Waals surface area contributed by atoms with Crippen LogP contribution in [0.15, 0.2) is 18.2 Å². The summed E-state index contributed by atoms with van der Waals surface area (Å²) in [6, 6.07) is 6.21. The van der Waals surface area contributed by atoms with Crippen LogP contribution in [-0.4, -0.2) is 43.3 Å². The Morgan fingerprint density at radius 2 is 1.95 bits per heavy atom. The first kappa shape index (κ1) is 16.1. The Balaban J connectivity index is 2.18. The second-order valence-electron chi connectivity index (χ2n) is 6.20. The van der Waals surface area contributed by atoms with Gasteiger partial charge in [0.2, 0.25) is 0 Å². The minimum Gasteiger partial charge on any atom is -0.504 e. The second-order valence-corrected chi connectivity index (χ2v) is 6.20. The van der Waals surface area contributed by atoms with Crippen LogP contribution < -0.4 is 10.1 Å². The van der Waals surface area contributed by atoms with Gasteiger partial charge in [0.15, 0.2) is 11.5 Å². The maximum absolute atomic E-state index is 10.1. The lowest BCUT2D eigenvalue weighted by Gasteiger charge is -2.35. The van der Waals surface area contributed by atoms with E-state index in [1.807, 2.05) is 12.1 Å². The lowest BCUT2D eigenvalue weighted by molar-refractivity contribution is 0.159. The molecule has 0 aliphatic carbocycles. The standard InChI is InChI=1S/C17H28N2O2/c1-13(2)4-6-15(19-10-8-18-9-11-19)14-5-7-17(21-3)16(20)12-14/h5,7,12-13,15,18,20H,4,6,8-11H2,1-3H3/t15-/m1/s1. The van der Waals surface area contributed by atoms with Gasteiger partial charge in [-0.2, -0.15) is 0 Å². The smallest absolute Gasteiger partial charge is 0.160 e. The normalized spacial score (nSPS) is 17.9. The van der Waals surface area contributed by atoms with E-state index in [9.17, 15) is 5.11 Å². The molecular weight excluding hydrogens is 264 g/mol. The third kappa shape index (κ3) is 4.35. The van der Waals surface area contributed by atoms with Gasteiger partial charge >= 0.3 is 0 Å². The highest BCUT2D eigenvalue weighted by Gasteiger charge is 2.23. The van der Waals surface area contributed by atoms with Crippen LogP contribution in [0.3, 0.4) is 0 Å². The average Bonchev–Trinajstić information content (AvgIpc) is 2.48. The molecule has 1 atom stereocenters. The van der Waals surface area contributed by atoms with Gasteiger partial charge in [0.1, 0.15) is 0 Å². The number of phenolic OH excluding ortho intramolecular Hbond substituents is 1. The van der Waals surface area contributed by atoms with E-state index in [4.69, 9.17) is 4.74 Å². The minimum atomic E-state index is 0.236. The molecule has 1 fully saturated rings. The van der Waals surface area contributed by atoms with Gasteiger partial charge in [-0.1, -0.05) is 19.9 Å². The highest BCUT2D eigenvalue weighted by atomic mass is 16.5. The topological polar surface area (TPSA) is 44.7 Å². The van der Waals surface area contributed by atoms with Crippen molar-refractivity contribution in [3.8, 4) is 11.5 Å². The summed E-state index contributed by atoms with van der Waals surface area (Å²) in [6.45, 7) is 8.74. The first-order chi connectivity index (χ1) is 10.1. The van der Waals surface area contributed by atoms with Crippen molar-refractivity contribution < 1.29 is 9.84 Å². The third-order valence-corrected chi connectivity index (χ3v) is 4.20. The third-order valence-electron chi connectivity index (χ3n) is 4.20. The Kier molecular flexibility index (Phi) is 5.88. The van der Waals surface area contributed by atoms with Crippen LogP contribution in [0.2, 0.25) is 0 Å². The molecule has 1 aliphatic heterocycles.